The fourth-order valence-corrected chi connectivity index (χ4v) is 3.06. The van der Waals surface area contributed by atoms with Crippen LogP contribution in [0.25, 0.3) is 4.85 Å². The lowest BCUT2D eigenvalue weighted by atomic mass is 9.99. The van der Waals surface area contributed by atoms with E-state index in [0.29, 0.717) is 24.0 Å². The quantitative estimate of drug-likeness (QED) is 0.608. The normalized spacial score (nSPS) is 23.2. The van der Waals surface area contributed by atoms with Crippen LogP contribution < -0.4 is 0 Å². The van der Waals surface area contributed by atoms with Gasteiger partial charge in [0, 0.05) is 6.42 Å². The molecule has 0 aromatic rings. The fourth-order valence-electron chi connectivity index (χ4n) is 1.47. The number of rotatable bonds is 2. The van der Waals surface area contributed by atoms with Crippen molar-refractivity contribution in [1.29, 1.82) is 0 Å². The summed E-state index contributed by atoms with van der Waals surface area (Å²) in [5.41, 5.74) is 0. The van der Waals surface area contributed by atoms with Gasteiger partial charge in [-0.1, -0.05) is 0 Å². The highest BCUT2D eigenvalue weighted by Gasteiger charge is 2.23. The summed E-state index contributed by atoms with van der Waals surface area (Å²) in [6.45, 7) is 7.15. The summed E-state index contributed by atoms with van der Waals surface area (Å²) < 4.78 is 22.0. The van der Waals surface area contributed by atoms with Crippen molar-refractivity contribution in [3.8, 4) is 0 Å². The molecule has 1 aliphatic heterocycles. The van der Waals surface area contributed by atoms with Gasteiger partial charge in [0.15, 0.2) is 0 Å². The van der Waals surface area contributed by atoms with Gasteiger partial charge >= 0.3 is 0 Å². The molecule has 68 valence electrons. The van der Waals surface area contributed by atoms with E-state index in [1.54, 1.807) is 0 Å². The largest absolute Gasteiger partial charge is 0.317 e. The molecule has 0 saturated carbocycles. The Morgan fingerprint density at radius 1 is 1.33 bits per heavy atom. The fraction of sp³-hybridized carbons (Fsp3) is 0.875. The van der Waals surface area contributed by atoms with Gasteiger partial charge in [0.25, 0.3) is 0 Å². The standard InChI is InChI=1S/C8H13NO2S/c1-9-5-2-8-3-6-12(10,11)7-4-8/h8H,2-7H2. The predicted octanol–water partition coefficient (Wildman–Crippen LogP) is 1.12. The maximum absolute atomic E-state index is 11.0. The third-order valence-corrected chi connectivity index (χ3v) is 4.04. The highest BCUT2D eigenvalue weighted by atomic mass is 32.2. The maximum Gasteiger partial charge on any atom is 0.214 e. The van der Waals surface area contributed by atoms with E-state index in [4.69, 9.17) is 6.57 Å². The smallest absolute Gasteiger partial charge is 0.214 e. The molecule has 0 aromatic carbocycles. The molecule has 4 heteroatoms. The van der Waals surface area contributed by atoms with Gasteiger partial charge in [0.05, 0.1) is 11.5 Å². The van der Waals surface area contributed by atoms with Crippen LogP contribution in [0, 0.1) is 12.5 Å². The molecule has 1 rings (SSSR count). The molecule has 0 N–H and O–H groups in total. The topological polar surface area (TPSA) is 38.5 Å². The Morgan fingerprint density at radius 2 is 1.92 bits per heavy atom. The molecule has 1 aliphatic rings. The van der Waals surface area contributed by atoms with Crippen LogP contribution in [0.5, 0.6) is 0 Å². The Labute approximate surface area is 73.5 Å². The molecule has 3 nitrogen and oxygen atoms in total. The van der Waals surface area contributed by atoms with E-state index in [-0.39, 0.29) is 0 Å². The minimum atomic E-state index is -2.72. The zero-order chi connectivity index (χ0) is 9.03. The number of hydrogen-bond donors (Lipinski definition) is 0. The van der Waals surface area contributed by atoms with E-state index >= 15 is 0 Å². The highest BCUT2D eigenvalue weighted by molar-refractivity contribution is 7.91. The molecule has 0 unspecified atom stereocenters. The Balaban J connectivity index is 2.32. The third-order valence-electron chi connectivity index (χ3n) is 2.32. The first kappa shape index (κ1) is 9.53. The summed E-state index contributed by atoms with van der Waals surface area (Å²) in [6, 6.07) is 0. The first-order valence-corrected chi connectivity index (χ1v) is 6.00. The van der Waals surface area contributed by atoms with Gasteiger partial charge in [0.1, 0.15) is 9.84 Å². The molecule has 1 fully saturated rings. The molecule has 0 atom stereocenters. The van der Waals surface area contributed by atoms with Crippen molar-refractivity contribution in [3.05, 3.63) is 11.4 Å². The molecule has 0 bridgehead atoms. The van der Waals surface area contributed by atoms with Crippen molar-refractivity contribution < 1.29 is 8.42 Å². The van der Waals surface area contributed by atoms with Gasteiger partial charge in [-0.25, -0.2) is 15.0 Å². The van der Waals surface area contributed by atoms with Gasteiger partial charge in [-0.3, -0.25) is 0 Å². The van der Waals surface area contributed by atoms with E-state index in [1.165, 1.54) is 0 Å². The average Bonchev–Trinajstić information content (AvgIpc) is 2.03. The van der Waals surface area contributed by atoms with Crippen molar-refractivity contribution >= 4 is 9.84 Å². The van der Waals surface area contributed by atoms with Crippen LogP contribution in [-0.4, -0.2) is 26.5 Å². The highest BCUT2D eigenvalue weighted by Crippen LogP contribution is 2.21. The summed E-state index contributed by atoms with van der Waals surface area (Å²) >= 11 is 0. The molecule has 0 spiro atoms. The molecule has 0 amide bonds. The Bertz CT molecular complexity index is 262. The van der Waals surface area contributed by atoms with E-state index in [1.807, 2.05) is 0 Å². The van der Waals surface area contributed by atoms with Crippen molar-refractivity contribution in [2.24, 2.45) is 5.92 Å². The lowest BCUT2D eigenvalue weighted by Crippen LogP contribution is -2.23. The van der Waals surface area contributed by atoms with E-state index in [0.717, 1.165) is 19.3 Å². The van der Waals surface area contributed by atoms with E-state index in [9.17, 15) is 8.42 Å². The van der Waals surface area contributed by atoms with Crippen molar-refractivity contribution in [2.45, 2.75) is 19.3 Å². The summed E-state index contributed by atoms with van der Waals surface area (Å²) in [7, 11) is -2.72. The summed E-state index contributed by atoms with van der Waals surface area (Å²) in [5.74, 6) is 1.13. The SMILES string of the molecule is [C-]#[N+]CCC1CCS(=O)(=O)CC1. The second-order valence-corrected chi connectivity index (χ2v) is 5.57. The van der Waals surface area contributed by atoms with E-state index in [2.05, 4.69) is 4.85 Å². The second-order valence-electron chi connectivity index (χ2n) is 3.27. The van der Waals surface area contributed by atoms with Crippen LogP contribution in [0.2, 0.25) is 0 Å². The number of hydrogen-bond acceptors (Lipinski definition) is 2. The third kappa shape index (κ3) is 2.82. The molecule has 12 heavy (non-hydrogen) atoms. The zero-order valence-corrected chi connectivity index (χ0v) is 7.81. The molecular weight excluding hydrogens is 174 g/mol. The van der Waals surface area contributed by atoms with Gasteiger partial charge in [-0.15, -0.1) is 0 Å². The van der Waals surface area contributed by atoms with Crippen molar-refractivity contribution in [2.75, 3.05) is 18.1 Å². The van der Waals surface area contributed by atoms with Gasteiger partial charge in [-0.2, -0.15) is 0 Å². The van der Waals surface area contributed by atoms with E-state index < -0.39 is 9.84 Å². The van der Waals surface area contributed by atoms with Crippen LogP contribution in [0.4, 0.5) is 0 Å². The van der Waals surface area contributed by atoms with Crippen molar-refractivity contribution in [1.82, 2.24) is 0 Å². The molecule has 0 aromatic heterocycles. The summed E-state index contributed by atoms with van der Waals surface area (Å²) in [6.07, 6.45) is 2.40. The average molecular weight is 187 g/mol. The van der Waals surface area contributed by atoms with Crippen LogP contribution >= 0.6 is 0 Å². The van der Waals surface area contributed by atoms with Gasteiger partial charge in [0.2, 0.25) is 6.54 Å². The molecule has 1 saturated heterocycles. The maximum atomic E-state index is 11.0. The lowest BCUT2D eigenvalue weighted by Gasteiger charge is -2.19. The summed E-state index contributed by atoms with van der Waals surface area (Å²) in [4.78, 5) is 3.27. The zero-order valence-electron chi connectivity index (χ0n) is 6.99. The van der Waals surface area contributed by atoms with Gasteiger partial charge < -0.3 is 4.85 Å². The monoisotopic (exact) mass is 187 g/mol. The predicted molar refractivity (Wildman–Crippen MR) is 47.5 cm³/mol. The minimum absolute atomic E-state index is 0.329. The first-order valence-electron chi connectivity index (χ1n) is 4.18. The van der Waals surface area contributed by atoms with Crippen molar-refractivity contribution in [3.63, 3.8) is 0 Å². The first-order chi connectivity index (χ1) is 5.64. The Hall–Kier alpha value is -0.560. The van der Waals surface area contributed by atoms with Gasteiger partial charge in [-0.05, 0) is 18.8 Å². The van der Waals surface area contributed by atoms with Crippen LogP contribution in [0.3, 0.4) is 0 Å². The number of nitrogens with zero attached hydrogens (tertiary/aromatic N) is 1. The second kappa shape index (κ2) is 3.90. The summed E-state index contributed by atoms with van der Waals surface area (Å²) in [5, 5.41) is 0. The molecule has 0 radical (unpaired) electrons. The Morgan fingerprint density at radius 3 is 2.42 bits per heavy atom. The Kier molecular flexibility index (Phi) is 3.10. The number of sulfone groups is 1. The molecule has 1 heterocycles. The molecule has 0 aliphatic carbocycles. The minimum Gasteiger partial charge on any atom is -0.317 e. The van der Waals surface area contributed by atoms with Crippen LogP contribution in [-0.2, 0) is 9.84 Å². The molecular formula is C8H13NO2S. The van der Waals surface area contributed by atoms with Crippen LogP contribution in [0.1, 0.15) is 19.3 Å². The van der Waals surface area contributed by atoms with Crippen LogP contribution in [0.15, 0.2) is 0 Å². The lowest BCUT2D eigenvalue weighted by molar-refractivity contribution is 0.449.